The number of fused-ring (bicyclic) bond motifs is 2. The third kappa shape index (κ3) is 2.88. The van der Waals surface area contributed by atoms with Crippen LogP contribution in [0.15, 0.2) is 18.2 Å². The van der Waals surface area contributed by atoms with Crippen molar-refractivity contribution in [3.05, 3.63) is 28.8 Å². The van der Waals surface area contributed by atoms with Gasteiger partial charge in [-0.3, -0.25) is 0 Å². The van der Waals surface area contributed by atoms with Crippen molar-refractivity contribution in [3.8, 4) is 5.75 Å². The van der Waals surface area contributed by atoms with Gasteiger partial charge in [-0.05, 0) is 37.5 Å². The van der Waals surface area contributed by atoms with Crippen molar-refractivity contribution in [1.29, 1.82) is 0 Å². The van der Waals surface area contributed by atoms with Gasteiger partial charge >= 0.3 is 6.09 Å². The van der Waals surface area contributed by atoms with Gasteiger partial charge in [-0.2, -0.15) is 0 Å². The first-order valence-electron chi connectivity index (χ1n) is 8.00. The van der Waals surface area contributed by atoms with Crippen LogP contribution in [0.25, 0.3) is 0 Å². The average molecular weight is 340 g/mol. The Morgan fingerprint density at radius 3 is 2.61 bits per heavy atom. The van der Waals surface area contributed by atoms with E-state index in [2.05, 4.69) is 0 Å². The Labute approximate surface area is 141 Å². The number of methoxy groups -OCH3 is 1. The molecule has 1 aromatic rings. The summed E-state index contributed by atoms with van der Waals surface area (Å²) in [6.45, 7) is 2.17. The summed E-state index contributed by atoms with van der Waals surface area (Å²) >= 11 is 6.07. The number of carbonyl (C=O) groups is 1. The maximum absolute atomic E-state index is 12.1. The lowest BCUT2D eigenvalue weighted by Gasteiger charge is -2.43. The number of amides is 1. The topological polar surface area (TPSA) is 59.0 Å². The van der Waals surface area contributed by atoms with Gasteiger partial charge in [0.2, 0.25) is 0 Å². The number of piperidine rings is 1. The van der Waals surface area contributed by atoms with E-state index in [9.17, 15) is 9.90 Å². The number of nitrogens with zero attached hydrogens (tertiary/aromatic N) is 1. The molecular formula is C17H22ClNO4. The monoisotopic (exact) mass is 339 g/mol. The van der Waals surface area contributed by atoms with Crippen molar-refractivity contribution in [2.24, 2.45) is 0 Å². The molecule has 2 fully saturated rings. The zero-order valence-electron chi connectivity index (χ0n) is 13.4. The summed E-state index contributed by atoms with van der Waals surface area (Å²) in [6.07, 6.45) is 2.54. The fraction of sp³-hybridized carbons (Fsp3) is 0.588. The van der Waals surface area contributed by atoms with Crippen LogP contribution in [0, 0.1) is 0 Å². The summed E-state index contributed by atoms with van der Waals surface area (Å²) in [6, 6.07) is 5.40. The summed E-state index contributed by atoms with van der Waals surface area (Å²) in [5, 5.41) is 11.7. The van der Waals surface area contributed by atoms with Gasteiger partial charge in [0.15, 0.2) is 0 Å². The number of ether oxygens (including phenoxy) is 2. The van der Waals surface area contributed by atoms with Crippen LogP contribution in [0.3, 0.4) is 0 Å². The molecule has 0 aromatic heterocycles. The predicted octanol–water partition coefficient (Wildman–Crippen LogP) is 3.32. The average Bonchev–Trinajstić information content (AvgIpc) is 2.80. The minimum absolute atomic E-state index is 0.0134. The highest BCUT2D eigenvalue weighted by atomic mass is 35.5. The molecule has 2 aliphatic rings. The number of hydrogen-bond donors (Lipinski definition) is 1. The van der Waals surface area contributed by atoms with Gasteiger partial charge in [0.1, 0.15) is 5.75 Å². The van der Waals surface area contributed by atoms with E-state index < -0.39 is 5.60 Å². The number of aliphatic hydroxyl groups is 1. The Morgan fingerprint density at radius 1 is 1.39 bits per heavy atom. The summed E-state index contributed by atoms with van der Waals surface area (Å²) in [5.74, 6) is 0.553. The van der Waals surface area contributed by atoms with Crippen LogP contribution in [0.5, 0.6) is 5.75 Å². The van der Waals surface area contributed by atoms with Gasteiger partial charge in [0.05, 0.1) is 24.3 Å². The molecule has 0 radical (unpaired) electrons. The lowest BCUT2D eigenvalue weighted by Crippen LogP contribution is -2.52. The Kier molecular flexibility index (Phi) is 4.43. The van der Waals surface area contributed by atoms with Gasteiger partial charge in [-0.15, -0.1) is 0 Å². The molecule has 5 nitrogen and oxygen atoms in total. The van der Waals surface area contributed by atoms with Crippen molar-refractivity contribution in [2.75, 3.05) is 13.7 Å². The highest BCUT2D eigenvalue weighted by Gasteiger charge is 2.50. The van der Waals surface area contributed by atoms with Crippen LogP contribution in [0.2, 0.25) is 5.02 Å². The quantitative estimate of drug-likeness (QED) is 0.917. The number of rotatable bonds is 3. The molecule has 1 aromatic carbocycles. The summed E-state index contributed by atoms with van der Waals surface area (Å²) in [5.41, 5.74) is -0.175. The standard InChI is InChI=1S/C17H22ClNO4/c1-3-23-16(20)19-12-5-6-13(19)10-17(21,9-12)11-4-7-14(18)15(8-11)22-2/h4,7-8,12-13,21H,3,5-6,9-10H2,1-2H3. The molecule has 0 saturated carbocycles. The molecule has 126 valence electrons. The van der Waals surface area contributed by atoms with Crippen molar-refractivity contribution in [1.82, 2.24) is 4.90 Å². The van der Waals surface area contributed by atoms with Crippen LogP contribution in [0.4, 0.5) is 4.79 Å². The van der Waals surface area contributed by atoms with E-state index in [-0.39, 0.29) is 18.2 Å². The van der Waals surface area contributed by atoms with Crippen LogP contribution >= 0.6 is 11.6 Å². The van der Waals surface area contributed by atoms with Crippen LogP contribution in [0.1, 0.15) is 38.2 Å². The van der Waals surface area contributed by atoms with E-state index in [1.807, 2.05) is 11.0 Å². The molecule has 6 heteroatoms. The number of carbonyl (C=O) groups excluding carboxylic acids is 1. The second kappa shape index (κ2) is 6.21. The molecule has 3 rings (SSSR count). The molecule has 2 bridgehead atoms. The largest absolute Gasteiger partial charge is 0.495 e. The second-order valence-corrected chi connectivity index (χ2v) is 6.69. The van der Waals surface area contributed by atoms with Gasteiger partial charge < -0.3 is 19.5 Å². The minimum Gasteiger partial charge on any atom is -0.495 e. The molecular weight excluding hydrogens is 318 g/mol. The first-order valence-corrected chi connectivity index (χ1v) is 8.38. The van der Waals surface area contributed by atoms with E-state index in [0.717, 1.165) is 18.4 Å². The fourth-order valence-corrected chi connectivity index (χ4v) is 4.10. The molecule has 2 saturated heterocycles. The third-order valence-electron chi connectivity index (χ3n) is 4.93. The summed E-state index contributed by atoms with van der Waals surface area (Å²) < 4.78 is 10.4. The summed E-state index contributed by atoms with van der Waals surface area (Å²) in [7, 11) is 1.56. The normalized spacial score (nSPS) is 29.5. The maximum atomic E-state index is 12.1. The molecule has 2 atom stereocenters. The molecule has 2 heterocycles. The van der Waals surface area contributed by atoms with Crippen LogP contribution < -0.4 is 4.74 Å². The smallest absolute Gasteiger partial charge is 0.410 e. The van der Waals surface area contributed by atoms with E-state index in [1.165, 1.54) is 0 Å². The van der Waals surface area contributed by atoms with Crippen LogP contribution in [-0.2, 0) is 10.3 Å². The van der Waals surface area contributed by atoms with Crippen molar-refractivity contribution >= 4 is 17.7 Å². The Hall–Kier alpha value is -1.46. The Bertz CT molecular complexity index is 592. The fourth-order valence-electron chi connectivity index (χ4n) is 3.91. The van der Waals surface area contributed by atoms with Crippen molar-refractivity contribution in [3.63, 3.8) is 0 Å². The summed E-state index contributed by atoms with van der Waals surface area (Å²) in [4.78, 5) is 13.9. The predicted molar refractivity (Wildman–Crippen MR) is 86.8 cm³/mol. The van der Waals surface area contributed by atoms with E-state index in [4.69, 9.17) is 21.1 Å². The first kappa shape index (κ1) is 16.4. The third-order valence-corrected chi connectivity index (χ3v) is 5.25. The van der Waals surface area contributed by atoms with E-state index >= 15 is 0 Å². The highest BCUT2D eigenvalue weighted by molar-refractivity contribution is 6.32. The minimum atomic E-state index is -0.966. The van der Waals surface area contributed by atoms with Gasteiger partial charge in [0, 0.05) is 24.9 Å². The molecule has 1 amide bonds. The number of hydrogen-bond acceptors (Lipinski definition) is 4. The zero-order valence-corrected chi connectivity index (χ0v) is 14.2. The van der Waals surface area contributed by atoms with Crippen molar-refractivity contribution in [2.45, 2.75) is 50.3 Å². The lowest BCUT2D eigenvalue weighted by molar-refractivity contribution is -0.0526. The number of benzene rings is 1. The molecule has 23 heavy (non-hydrogen) atoms. The van der Waals surface area contributed by atoms with Gasteiger partial charge in [-0.1, -0.05) is 17.7 Å². The Balaban J connectivity index is 1.85. The van der Waals surface area contributed by atoms with Gasteiger partial charge in [-0.25, -0.2) is 4.79 Å². The number of halogens is 1. The Morgan fingerprint density at radius 2 is 2.04 bits per heavy atom. The maximum Gasteiger partial charge on any atom is 0.410 e. The van der Waals surface area contributed by atoms with Gasteiger partial charge in [0.25, 0.3) is 0 Å². The molecule has 0 aliphatic carbocycles. The SMILES string of the molecule is CCOC(=O)N1C2CCC1CC(O)(c1ccc(Cl)c(OC)c1)C2. The molecule has 2 aliphatic heterocycles. The zero-order chi connectivity index (χ0) is 16.6. The first-order chi connectivity index (χ1) is 11.0. The molecule has 0 spiro atoms. The van der Waals surface area contributed by atoms with Crippen LogP contribution in [-0.4, -0.2) is 41.9 Å². The lowest BCUT2D eigenvalue weighted by atomic mass is 9.80. The second-order valence-electron chi connectivity index (χ2n) is 6.28. The molecule has 1 N–H and O–H groups in total. The molecule has 2 unspecified atom stereocenters. The van der Waals surface area contributed by atoms with E-state index in [0.29, 0.717) is 30.2 Å². The van der Waals surface area contributed by atoms with E-state index in [1.54, 1.807) is 26.2 Å². The highest BCUT2D eigenvalue weighted by Crippen LogP contribution is 2.46. The van der Waals surface area contributed by atoms with Crippen molar-refractivity contribution < 1.29 is 19.4 Å².